The number of pyridine rings is 2. The van der Waals surface area contributed by atoms with Gasteiger partial charge in [-0.15, -0.1) is 0 Å². The lowest BCUT2D eigenvalue weighted by Crippen LogP contribution is -2.46. The predicted molar refractivity (Wildman–Crippen MR) is 137 cm³/mol. The Morgan fingerprint density at radius 1 is 1.06 bits per heavy atom. The first-order chi connectivity index (χ1) is 17.5. The number of nitrogens with two attached hydrogens (primary N) is 1. The molecule has 0 saturated carbocycles. The molecule has 4 aromatic rings. The minimum Gasteiger partial charge on any atom is -0.370 e. The van der Waals surface area contributed by atoms with E-state index in [1.807, 2.05) is 25.2 Å². The van der Waals surface area contributed by atoms with Crippen molar-refractivity contribution in [1.82, 2.24) is 24.4 Å². The van der Waals surface area contributed by atoms with Gasteiger partial charge in [-0.2, -0.15) is 0 Å². The van der Waals surface area contributed by atoms with E-state index in [9.17, 15) is 9.59 Å². The Bertz CT molecular complexity index is 1390. The number of piperidine rings is 1. The van der Waals surface area contributed by atoms with E-state index in [4.69, 9.17) is 15.5 Å². The van der Waals surface area contributed by atoms with Crippen LogP contribution in [0.25, 0.3) is 22.1 Å². The highest BCUT2D eigenvalue weighted by molar-refractivity contribution is 5.92. The number of primary amides is 1. The van der Waals surface area contributed by atoms with Crippen LogP contribution in [0.5, 0.6) is 0 Å². The van der Waals surface area contributed by atoms with Crippen LogP contribution in [-0.2, 0) is 16.1 Å². The van der Waals surface area contributed by atoms with Gasteiger partial charge in [0.2, 0.25) is 5.91 Å². The van der Waals surface area contributed by atoms with E-state index in [0.29, 0.717) is 24.3 Å². The second-order valence-electron chi connectivity index (χ2n) is 8.98. The third-order valence-corrected chi connectivity index (χ3v) is 6.73. The standard InChI is InChI=1S/C26H29N7O3/c1-31(19-10-12-32(13-11-19)23-9-6-18-4-2-3-5-20(18)29-23)24(34)16-36-15-14-33-17-28-22-8-7-21(25(27)35)30-26(22)33/h2-9,17,19H,10-16H2,1H3,(H2,27,35). The molecule has 0 atom stereocenters. The Morgan fingerprint density at radius 3 is 2.67 bits per heavy atom. The average molecular weight is 488 g/mol. The van der Waals surface area contributed by atoms with E-state index < -0.39 is 5.91 Å². The first-order valence-corrected chi connectivity index (χ1v) is 12.1. The van der Waals surface area contributed by atoms with Crippen LogP contribution >= 0.6 is 0 Å². The summed E-state index contributed by atoms with van der Waals surface area (Å²) in [5, 5.41) is 1.13. The van der Waals surface area contributed by atoms with Crippen LogP contribution < -0.4 is 10.6 Å². The normalized spacial score (nSPS) is 14.4. The number of anilines is 1. The molecule has 0 aliphatic carbocycles. The Morgan fingerprint density at radius 2 is 1.86 bits per heavy atom. The van der Waals surface area contributed by atoms with Crippen molar-refractivity contribution in [2.45, 2.75) is 25.4 Å². The number of fused-ring (bicyclic) bond motifs is 2. The predicted octanol–water partition coefficient (Wildman–Crippen LogP) is 2.22. The van der Waals surface area contributed by atoms with E-state index in [1.54, 1.807) is 27.9 Å². The summed E-state index contributed by atoms with van der Waals surface area (Å²) in [4.78, 5) is 41.6. The third kappa shape index (κ3) is 4.99. The number of likely N-dealkylation sites (N-methyl/N-ethyl adjacent to an activating group) is 1. The Kier molecular flexibility index (Phi) is 6.77. The second-order valence-corrected chi connectivity index (χ2v) is 8.98. The fraction of sp³-hybridized carbons (Fsp3) is 0.346. The molecule has 2 amide bonds. The number of benzene rings is 1. The smallest absolute Gasteiger partial charge is 0.267 e. The highest BCUT2D eigenvalue weighted by Gasteiger charge is 2.26. The SMILES string of the molecule is CN(C(=O)COCCn1cnc2ccc(C(N)=O)nc21)C1CCN(c2ccc3ccccc3n2)CC1. The lowest BCUT2D eigenvalue weighted by Gasteiger charge is -2.37. The number of hydrogen-bond donors (Lipinski definition) is 1. The number of carbonyl (C=O) groups excluding carboxylic acids is 2. The topological polar surface area (TPSA) is 119 Å². The fourth-order valence-electron chi connectivity index (χ4n) is 4.58. The van der Waals surface area contributed by atoms with Crippen molar-refractivity contribution >= 4 is 39.7 Å². The van der Waals surface area contributed by atoms with Crippen LogP contribution in [0.2, 0.25) is 0 Å². The van der Waals surface area contributed by atoms with Gasteiger partial charge in [0.1, 0.15) is 23.6 Å². The van der Waals surface area contributed by atoms with Crippen molar-refractivity contribution in [3.05, 3.63) is 60.6 Å². The second kappa shape index (κ2) is 10.3. The Hall–Kier alpha value is -4.05. The van der Waals surface area contributed by atoms with E-state index in [-0.39, 0.29) is 24.2 Å². The van der Waals surface area contributed by atoms with Gasteiger partial charge in [-0.3, -0.25) is 9.59 Å². The largest absolute Gasteiger partial charge is 0.370 e. The molecule has 0 radical (unpaired) electrons. The number of rotatable bonds is 8. The summed E-state index contributed by atoms with van der Waals surface area (Å²) in [5.41, 5.74) is 7.73. The van der Waals surface area contributed by atoms with E-state index in [2.05, 4.69) is 33.1 Å². The van der Waals surface area contributed by atoms with Crippen molar-refractivity contribution in [2.24, 2.45) is 5.73 Å². The average Bonchev–Trinajstić information content (AvgIpc) is 3.32. The molecule has 1 aromatic carbocycles. The maximum Gasteiger partial charge on any atom is 0.267 e. The zero-order chi connectivity index (χ0) is 25.1. The molecule has 0 spiro atoms. The summed E-state index contributed by atoms with van der Waals surface area (Å²) in [6, 6.07) is 15.7. The molecule has 36 heavy (non-hydrogen) atoms. The number of amides is 2. The van der Waals surface area contributed by atoms with Crippen LogP contribution in [0.3, 0.4) is 0 Å². The molecule has 1 saturated heterocycles. The summed E-state index contributed by atoms with van der Waals surface area (Å²) in [6.45, 7) is 2.49. The van der Waals surface area contributed by atoms with Crippen LogP contribution in [0.4, 0.5) is 5.82 Å². The summed E-state index contributed by atoms with van der Waals surface area (Å²) < 4.78 is 7.44. The fourth-order valence-corrected chi connectivity index (χ4v) is 4.58. The monoisotopic (exact) mass is 487 g/mol. The molecule has 0 unspecified atom stereocenters. The van der Waals surface area contributed by atoms with Crippen molar-refractivity contribution in [3.63, 3.8) is 0 Å². The Labute approximate surface area is 208 Å². The van der Waals surface area contributed by atoms with Crippen LogP contribution in [0, 0.1) is 0 Å². The number of ether oxygens (including phenoxy) is 1. The molecule has 10 heteroatoms. The van der Waals surface area contributed by atoms with E-state index >= 15 is 0 Å². The van der Waals surface area contributed by atoms with E-state index in [0.717, 1.165) is 42.7 Å². The van der Waals surface area contributed by atoms with Gasteiger partial charge >= 0.3 is 0 Å². The molecule has 1 fully saturated rings. The number of nitrogens with zero attached hydrogens (tertiary/aromatic N) is 6. The number of aromatic nitrogens is 4. The zero-order valence-corrected chi connectivity index (χ0v) is 20.2. The number of hydrogen-bond acceptors (Lipinski definition) is 7. The minimum atomic E-state index is -0.589. The molecule has 3 aromatic heterocycles. The summed E-state index contributed by atoms with van der Waals surface area (Å²) in [6.07, 6.45) is 3.40. The van der Waals surface area contributed by atoms with Gasteiger partial charge in [0.25, 0.3) is 5.91 Å². The molecule has 2 N–H and O–H groups in total. The number of carbonyl (C=O) groups is 2. The molecule has 1 aliphatic heterocycles. The molecule has 5 rings (SSSR count). The molecule has 4 heterocycles. The lowest BCUT2D eigenvalue weighted by atomic mass is 10.0. The summed E-state index contributed by atoms with van der Waals surface area (Å²) >= 11 is 0. The highest BCUT2D eigenvalue weighted by atomic mass is 16.5. The molecule has 1 aliphatic rings. The zero-order valence-electron chi connectivity index (χ0n) is 20.2. The molecule has 10 nitrogen and oxygen atoms in total. The van der Waals surface area contributed by atoms with Crippen molar-refractivity contribution in [3.8, 4) is 0 Å². The van der Waals surface area contributed by atoms with Crippen LogP contribution in [0.1, 0.15) is 23.3 Å². The molecular formula is C26H29N7O3. The maximum atomic E-state index is 12.7. The molecule has 0 bridgehead atoms. The Balaban J connectivity index is 1.09. The number of imidazole rings is 1. The van der Waals surface area contributed by atoms with Crippen molar-refractivity contribution < 1.29 is 14.3 Å². The van der Waals surface area contributed by atoms with Gasteiger partial charge in [0.05, 0.1) is 18.5 Å². The van der Waals surface area contributed by atoms with Crippen LogP contribution in [0.15, 0.2) is 54.9 Å². The quantitative estimate of drug-likeness (QED) is 0.379. The van der Waals surface area contributed by atoms with Gasteiger partial charge < -0.3 is 24.8 Å². The van der Waals surface area contributed by atoms with Gasteiger partial charge in [-0.1, -0.05) is 18.2 Å². The van der Waals surface area contributed by atoms with Crippen molar-refractivity contribution in [2.75, 3.05) is 38.3 Å². The third-order valence-electron chi connectivity index (χ3n) is 6.73. The molecular weight excluding hydrogens is 458 g/mol. The molecule has 186 valence electrons. The number of para-hydroxylation sites is 1. The van der Waals surface area contributed by atoms with Gasteiger partial charge in [0.15, 0.2) is 5.65 Å². The van der Waals surface area contributed by atoms with Gasteiger partial charge in [-0.25, -0.2) is 15.0 Å². The van der Waals surface area contributed by atoms with E-state index in [1.165, 1.54) is 0 Å². The summed E-state index contributed by atoms with van der Waals surface area (Å²) in [5.74, 6) is 0.352. The highest BCUT2D eigenvalue weighted by Crippen LogP contribution is 2.23. The minimum absolute atomic E-state index is 0.00946. The van der Waals surface area contributed by atoms with Crippen LogP contribution in [-0.4, -0.2) is 75.6 Å². The first-order valence-electron chi connectivity index (χ1n) is 12.1. The first kappa shape index (κ1) is 23.7. The van der Waals surface area contributed by atoms with Crippen molar-refractivity contribution in [1.29, 1.82) is 0 Å². The lowest BCUT2D eigenvalue weighted by molar-refractivity contribution is -0.137. The van der Waals surface area contributed by atoms with Gasteiger partial charge in [-0.05, 0) is 43.2 Å². The van der Waals surface area contributed by atoms with Gasteiger partial charge in [0, 0.05) is 38.1 Å². The summed E-state index contributed by atoms with van der Waals surface area (Å²) in [7, 11) is 1.85. The maximum absolute atomic E-state index is 12.7.